The van der Waals surface area contributed by atoms with Crippen molar-refractivity contribution in [3.63, 3.8) is 0 Å². The number of morpholine rings is 1. The van der Waals surface area contributed by atoms with E-state index < -0.39 is 0 Å². The van der Waals surface area contributed by atoms with Crippen LogP contribution in [0.5, 0.6) is 0 Å². The van der Waals surface area contributed by atoms with Crippen molar-refractivity contribution in [2.45, 2.75) is 64.2 Å². The second-order valence-corrected chi connectivity index (χ2v) is 7.50. The van der Waals surface area contributed by atoms with E-state index in [9.17, 15) is 4.79 Å². The van der Waals surface area contributed by atoms with E-state index in [0.717, 1.165) is 38.0 Å². The highest BCUT2D eigenvalue weighted by molar-refractivity contribution is 5.85. The average Bonchev–Trinajstić information content (AvgIpc) is 3.09. The first-order valence-corrected chi connectivity index (χ1v) is 9.63. The van der Waals surface area contributed by atoms with Crippen molar-refractivity contribution in [3.8, 4) is 0 Å². The number of hydrogen-bond donors (Lipinski definition) is 2. The Morgan fingerprint density at radius 3 is 2.36 bits per heavy atom. The van der Waals surface area contributed by atoms with E-state index in [-0.39, 0.29) is 55.1 Å². The zero-order valence-corrected chi connectivity index (χ0v) is 18.3. The van der Waals surface area contributed by atoms with Gasteiger partial charge in [0.2, 0.25) is 5.91 Å². The number of hydrogen-bond acceptors (Lipinski definition) is 5. The van der Waals surface area contributed by atoms with Crippen LogP contribution in [0.25, 0.3) is 0 Å². The molecular formula is C20H33Cl2N3O3. The van der Waals surface area contributed by atoms with Crippen molar-refractivity contribution in [1.29, 1.82) is 0 Å². The Morgan fingerprint density at radius 1 is 1.11 bits per heavy atom. The molecule has 2 saturated heterocycles. The Balaban J connectivity index is 0.00000196. The van der Waals surface area contributed by atoms with Crippen molar-refractivity contribution >= 4 is 30.7 Å². The summed E-state index contributed by atoms with van der Waals surface area (Å²) in [7, 11) is 0. The van der Waals surface area contributed by atoms with Gasteiger partial charge in [0, 0.05) is 32.7 Å². The lowest BCUT2D eigenvalue weighted by atomic mass is 10.1. The normalized spacial score (nSPS) is 27.5. The SMILES string of the molecule is CC1CN(Cc2ccccc2CNC(=O)[C@@H]2CC[C@H](CN)O2)CC(C)O1.Cl.Cl. The maximum absolute atomic E-state index is 12.4. The maximum atomic E-state index is 12.4. The number of nitrogens with zero attached hydrogens (tertiary/aromatic N) is 1. The van der Waals surface area contributed by atoms with Crippen LogP contribution in [0.1, 0.15) is 37.8 Å². The highest BCUT2D eigenvalue weighted by atomic mass is 35.5. The average molecular weight is 434 g/mol. The van der Waals surface area contributed by atoms with Gasteiger partial charge in [-0.2, -0.15) is 0 Å². The quantitative estimate of drug-likeness (QED) is 0.719. The molecule has 2 fully saturated rings. The fourth-order valence-corrected chi connectivity index (χ4v) is 3.91. The molecule has 6 nitrogen and oxygen atoms in total. The third-order valence-electron chi connectivity index (χ3n) is 5.12. The fourth-order valence-electron chi connectivity index (χ4n) is 3.91. The fraction of sp³-hybridized carbons (Fsp3) is 0.650. The van der Waals surface area contributed by atoms with Gasteiger partial charge in [-0.1, -0.05) is 24.3 Å². The molecule has 2 aliphatic heterocycles. The lowest BCUT2D eigenvalue weighted by Gasteiger charge is -2.35. The van der Waals surface area contributed by atoms with Gasteiger partial charge in [-0.3, -0.25) is 9.69 Å². The van der Waals surface area contributed by atoms with E-state index in [0.29, 0.717) is 13.1 Å². The van der Waals surface area contributed by atoms with Gasteiger partial charge < -0.3 is 20.5 Å². The Morgan fingerprint density at radius 2 is 1.75 bits per heavy atom. The predicted octanol–water partition coefficient (Wildman–Crippen LogP) is 2.26. The van der Waals surface area contributed by atoms with Gasteiger partial charge in [-0.05, 0) is 37.8 Å². The molecule has 2 aliphatic rings. The van der Waals surface area contributed by atoms with Gasteiger partial charge in [-0.15, -0.1) is 24.8 Å². The molecule has 0 radical (unpaired) electrons. The minimum absolute atomic E-state index is 0. The summed E-state index contributed by atoms with van der Waals surface area (Å²) in [6.45, 7) is 7.97. The number of nitrogens with two attached hydrogens (primary N) is 1. The molecule has 2 unspecified atom stereocenters. The summed E-state index contributed by atoms with van der Waals surface area (Å²) in [4.78, 5) is 14.8. The summed E-state index contributed by atoms with van der Waals surface area (Å²) < 4.78 is 11.5. The molecule has 160 valence electrons. The van der Waals surface area contributed by atoms with Gasteiger partial charge in [0.05, 0.1) is 18.3 Å². The summed E-state index contributed by atoms with van der Waals surface area (Å²) in [6, 6.07) is 8.30. The van der Waals surface area contributed by atoms with Crippen LogP contribution in [0, 0.1) is 0 Å². The molecule has 0 aromatic heterocycles. The molecule has 2 heterocycles. The summed E-state index contributed by atoms with van der Waals surface area (Å²) in [6.07, 6.45) is 1.76. The molecule has 4 atom stereocenters. The first-order valence-electron chi connectivity index (χ1n) is 9.63. The standard InChI is InChI=1S/C20H31N3O3.2ClH/c1-14-11-23(12-15(2)25-14)13-17-6-4-3-5-16(17)10-22-20(24)19-8-7-18(9-21)26-19;;/h3-6,14-15,18-19H,7-13,21H2,1-2H3,(H,22,24);2*1H/t14?,15?,18-,19+;;/m1../s1. The Bertz CT molecular complexity index is 610. The van der Waals surface area contributed by atoms with Crippen molar-refractivity contribution in [1.82, 2.24) is 10.2 Å². The number of carbonyl (C=O) groups excluding carboxylic acids is 1. The van der Waals surface area contributed by atoms with Gasteiger partial charge >= 0.3 is 0 Å². The van der Waals surface area contributed by atoms with Gasteiger partial charge in [0.1, 0.15) is 6.10 Å². The first-order chi connectivity index (χ1) is 12.5. The number of rotatable bonds is 6. The summed E-state index contributed by atoms with van der Waals surface area (Å²) in [5.74, 6) is -0.0376. The number of amides is 1. The zero-order valence-electron chi connectivity index (χ0n) is 16.6. The van der Waals surface area contributed by atoms with Crippen molar-refractivity contribution in [3.05, 3.63) is 35.4 Å². The van der Waals surface area contributed by atoms with Crippen LogP contribution in [0.15, 0.2) is 24.3 Å². The molecule has 0 bridgehead atoms. The second kappa shape index (κ2) is 12.0. The van der Waals surface area contributed by atoms with E-state index in [2.05, 4.69) is 42.3 Å². The van der Waals surface area contributed by atoms with Crippen LogP contribution in [-0.2, 0) is 27.4 Å². The molecule has 0 saturated carbocycles. The molecule has 1 amide bonds. The molecule has 0 spiro atoms. The number of ether oxygens (including phenoxy) is 2. The molecule has 3 N–H and O–H groups in total. The van der Waals surface area contributed by atoms with Crippen LogP contribution in [0.4, 0.5) is 0 Å². The maximum Gasteiger partial charge on any atom is 0.249 e. The van der Waals surface area contributed by atoms with Gasteiger partial charge in [-0.25, -0.2) is 0 Å². The Kier molecular flexibility index (Phi) is 10.7. The van der Waals surface area contributed by atoms with Crippen molar-refractivity contribution < 1.29 is 14.3 Å². The first kappa shape index (κ1) is 25.1. The number of carbonyl (C=O) groups is 1. The molecule has 1 aromatic rings. The van der Waals surface area contributed by atoms with E-state index in [4.69, 9.17) is 15.2 Å². The molecular weight excluding hydrogens is 401 g/mol. The molecule has 1 aromatic carbocycles. The third kappa shape index (κ3) is 6.87. The van der Waals surface area contributed by atoms with Crippen molar-refractivity contribution in [2.24, 2.45) is 5.73 Å². The largest absolute Gasteiger partial charge is 0.373 e. The van der Waals surface area contributed by atoms with Crippen LogP contribution in [-0.4, -0.2) is 54.9 Å². The zero-order chi connectivity index (χ0) is 18.5. The lowest BCUT2D eigenvalue weighted by molar-refractivity contribution is -0.132. The molecule has 8 heteroatoms. The molecule has 0 aliphatic carbocycles. The second-order valence-electron chi connectivity index (χ2n) is 7.50. The van der Waals surface area contributed by atoms with Crippen LogP contribution < -0.4 is 11.1 Å². The Hall–Kier alpha value is -0.890. The van der Waals surface area contributed by atoms with Gasteiger partial charge in [0.25, 0.3) is 0 Å². The van der Waals surface area contributed by atoms with E-state index in [1.54, 1.807) is 0 Å². The summed E-state index contributed by atoms with van der Waals surface area (Å²) in [5, 5.41) is 3.03. The lowest BCUT2D eigenvalue weighted by Crippen LogP contribution is -2.45. The minimum Gasteiger partial charge on any atom is -0.373 e. The highest BCUT2D eigenvalue weighted by Gasteiger charge is 2.29. The van der Waals surface area contributed by atoms with Crippen LogP contribution >= 0.6 is 24.8 Å². The molecule has 28 heavy (non-hydrogen) atoms. The van der Waals surface area contributed by atoms with Crippen LogP contribution in [0.3, 0.4) is 0 Å². The minimum atomic E-state index is -0.364. The molecule has 3 rings (SSSR count). The van der Waals surface area contributed by atoms with E-state index in [1.165, 1.54) is 5.56 Å². The van der Waals surface area contributed by atoms with Gasteiger partial charge in [0.15, 0.2) is 0 Å². The summed E-state index contributed by atoms with van der Waals surface area (Å²) >= 11 is 0. The Labute approximate surface area is 180 Å². The summed E-state index contributed by atoms with van der Waals surface area (Å²) in [5.41, 5.74) is 8.02. The highest BCUT2D eigenvalue weighted by Crippen LogP contribution is 2.20. The number of halogens is 2. The topological polar surface area (TPSA) is 76.8 Å². The smallest absolute Gasteiger partial charge is 0.249 e. The number of benzene rings is 1. The van der Waals surface area contributed by atoms with E-state index >= 15 is 0 Å². The van der Waals surface area contributed by atoms with Crippen molar-refractivity contribution in [2.75, 3.05) is 19.6 Å². The predicted molar refractivity (Wildman–Crippen MR) is 115 cm³/mol. The van der Waals surface area contributed by atoms with Crippen LogP contribution in [0.2, 0.25) is 0 Å². The monoisotopic (exact) mass is 433 g/mol. The third-order valence-corrected chi connectivity index (χ3v) is 5.12. The van der Waals surface area contributed by atoms with E-state index in [1.807, 2.05) is 6.07 Å². The number of nitrogens with one attached hydrogen (secondary N) is 1.